The lowest BCUT2D eigenvalue weighted by atomic mass is 10.2. The van der Waals surface area contributed by atoms with Crippen LogP contribution in [-0.2, 0) is 19.6 Å². The molecule has 2 rings (SSSR count). The highest BCUT2D eigenvalue weighted by atomic mass is 32.2. The molecule has 0 fully saturated rings. The standard InChI is InChI=1S/C18H17N3O6S/c19-18(24)20-16(22)12-27-17(23)14-6-8-15(9-7-14)21-28(25,26)11-10-13-4-2-1-3-5-13/h1-11,21H,12H2,(H3,19,20,22,24). The Kier molecular flexibility index (Phi) is 6.88. The first-order valence-electron chi connectivity index (χ1n) is 7.87. The fourth-order valence-electron chi connectivity index (χ4n) is 1.99. The summed E-state index contributed by atoms with van der Waals surface area (Å²) in [5.74, 6) is -1.69. The van der Waals surface area contributed by atoms with Gasteiger partial charge >= 0.3 is 12.0 Å². The average Bonchev–Trinajstić information content (AvgIpc) is 2.65. The van der Waals surface area contributed by atoms with Crippen LogP contribution >= 0.6 is 0 Å². The van der Waals surface area contributed by atoms with Gasteiger partial charge in [-0.15, -0.1) is 0 Å². The van der Waals surface area contributed by atoms with E-state index in [1.807, 2.05) is 6.07 Å². The van der Waals surface area contributed by atoms with Gasteiger partial charge in [0.25, 0.3) is 15.9 Å². The van der Waals surface area contributed by atoms with Gasteiger partial charge in [-0.25, -0.2) is 18.0 Å². The molecule has 0 saturated carbocycles. The maximum Gasteiger partial charge on any atom is 0.338 e. The number of esters is 1. The van der Waals surface area contributed by atoms with E-state index in [4.69, 9.17) is 10.5 Å². The summed E-state index contributed by atoms with van der Waals surface area (Å²) in [4.78, 5) is 33.5. The quantitative estimate of drug-likeness (QED) is 0.597. The first-order chi connectivity index (χ1) is 13.2. The summed E-state index contributed by atoms with van der Waals surface area (Å²) in [6.45, 7) is -0.680. The molecule has 4 N–H and O–H groups in total. The lowest BCUT2D eigenvalue weighted by molar-refractivity contribution is -0.123. The minimum absolute atomic E-state index is 0.0923. The van der Waals surface area contributed by atoms with Crippen molar-refractivity contribution in [2.75, 3.05) is 11.3 Å². The molecule has 0 bridgehead atoms. The molecule has 146 valence electrons. The number of amides is 3. The molecule has 0 aliphatic heterocycles. The molecule has 0 aliphatic rings. The largest absolute Gasteiger partial charge is 0.452 e. The Morgan fingerprint density at radius 1 is 1.00 bits per heavy atom. The summed E-state index contributed by atoms with van der Waals surface area (Å²) in [6.07, 6.45) is 1.45. The van der Waals surface area contributed by atoms with Gasteiger partial charge in [-0.05, 0) is 35.9 Å². The first kappa shape index (κ1) is 20.6. The van der Waals surface area contributed by atoms with Crippen LogP contribution in [0.15, 0.2) is 60.0 Å². The monoisotopic (exact) mass is 403 g/mol. The van der Waals surface area contributed by atoms with Gasteiger partial charge in [-0.3, -0.25) is 14.8 Å². The first-order valence-corrected chi connectivity index (χ1v) is 9.42. The van der Waals surface area contributed by atoms with Gasteiger partial charge in [-0.2, -0.15) is 0 Å². The van der Waals surface area contributed by atoms with Crippen LogP contribution in [0.3, 0.4) is 0 Å². The Morgan fingerprint density at radius 3 is 2.25 bits per heavy atom. The second-order valence-electron chi connectivity index (χ2n) is 5.43. The number of nitrogens with two attached hydrogens (primary N) is 1. The zero-order valence-electron chi connectivity index (χ0n) is 14.5. The van der Waals surface area contributed by atoms with E-state index in [0.29, 0.717) is 0 Å². The molecule has 2 aromatic carbocycles. The molecule has 0 aromatic heterocycles. The number of hydrogen-bond acceptors (Lipinski definition) is 6. The summed E-state index contributed by atoms with van der Waals surface area (Å²) in [6, 6.07) is 13.2. The molecule has 2 aromatic rings. The Bertz CT molecular complexity index is 986. The lowest BCUT2D eigenvalue weighted by Gasteiger charge is -2.07. The van der Waals surface area contributed by atoms with E-state index in [-0.39, 0.29) is 11.3 Å². The van der Waals surface area contributed by atoms with E-state index in [9.17, 15) is 22.8 Å². The molecule has 0 saturated heterocycles. The van der Waals surface area contributed by atoms with Crippen molar-refractivity contribution in [2.24, 2.45) is 5.73 Å². The molecular formula is C18H17N3O6S. The van der Waals surface area contributed by atoms with Crippen molar-refractivity contribution in [3.05, 3.63) is 71.1 Å². The van der Waals surface area contributed by atoms with Gasteiger partial charge in [0.15, 0.2) is 6.61 Å². The zero-order chi connectivity index (χ0) is 20.6. The van der Waals surface area contributed by atoms with Crippen molar-refractivity contribution in [1.82, 2.24) is 5.32 Å². The van der Waals surface area contributed by atoms with Crippen LogP contribution < -0.4 is 15.8 Å². The Balaban J connectivity index is 1.94. The molecule has 10 heteroatoms. The van der Waals surface area contributed by atoms with E-state index >= 15 is 0 Å². The van der Waals surface area contributed by atoms with Gasteiger partial charge in [0.1, 0.15) is 0 Å². The molecule has 9 nitrogen and oxygen atoms in total. The maximum atomic E-state index is 12.1. The summed E-state index contributed by atoms with van der Waals surface area (Å²) < 4.78 is 31.2. The van der Waals surface area contributed by atoms with E-state index in [1.165, 1.54) is 30.3 Å². The molecule has 3 amide bonds. The van der Waals surface area contributed by atoms with Crippen LogP contribution in [0.2, 0.25) is 0 Å². The fraction of sp³-hybridized carbons (Fsp3) is 0.0556. The summed E-state index contributed by atoms with van der Waals surface area (Å²) >= 11 is 0. The summed E-state index contributed by atoms with van der Waals surface area (Å²) in [5.41, 5.74) is 5.82. The lowest BCUT2D eigenvalue weighted by Crippen LogP contribution is -2.37. The fourth-order valence-corrected chi connectivity index (χ4v) is 2.86. The Hall–Kier alpha value is -3.66. The highest BCUT2D eigenvalue weighted by Crippen LogP contribution is 2.13. The van der Waals surface area contributed by atoms with Crippen molar-refractivity contribution < 1.29 is 27.5 Å². The van der Waals surface area contributed by atoms with Crippen molar-refractivity contribution in [3.63, 3.8) is 0 Å². The molecule has 28 heavy (non-hydrogen) atoms. The van der Waals surface area contributed by atoms with Crippen molar-refractivity contribution >= 4 is 39.7 Å². The number of carbonyl (C=O) groups excluding carboxylic acids is 3. The number of hydrogen-bond donors (Lipinski definition) is 3. The van der Waals surface area contributed by atoms with Gasteiger partial charge in [0.05, 0.1) is 11.0 Å². The molecule has 0 atom stereocenters. The minimum atomic E-state index is -3.74. The second-order valence-corrected chi connectivity index (χ2v) is 6.99. The predicted octanol–water partition coefficient (Wildman–Crippen LogP) is 1.45. The van der Waals surface area contributed by atoms with Gasteiger partial charge in [0.2, 0.25) is 0 Å². The molecular weight excluding hydrogens is 386 g/mol. The zero-order valence-corrected chi connectivity index (χ0v) is 15.3. The summed E-state index contributed by atoms with van der Waals surface area (Å²) in [5, 5.41) is 2.78. The van der Waals surface area contributed by atoms with Gasteiger partial charge < -0.3 is 10.5 Å². The van der Waals surface area contributed by atoms with Crippen LogP contribution in [0.25, 0.3) is 6.08 Å². The van der Waals surface area contributed by atoms with E-state index in [1.54, 1.807) is 29.6 Å². The van der Waals surface area contributed by atoms with Crippen LogP contribution in [0.5, 0.6) is 0 Å². The topological polar surface area (TPSA) is 145 Å². The number of nitrogens with one attached hydrogen (secondary N) is 2. The number of urea groups is 1. The Morgan fingerprint density at radius 2 is 1.64 bits per heavy atom. The minimum Gasteiger partial charge on any atom is -0.452 e. The maximum absolute atomic E-state index is 12.1. The van der Waals surface area contributed by atoms with Crippen LogP contribution in [-0.4, -0.2) is 32.9 Å². The van der Waals surface area contributed by atoms with Crippen molar-refractivity contribution in [2.45, 2.75) is 0 Å². The van der Waals surface area contributed by atoms with Crippen LogP contribution in [0, 0.1) is 0 Å². The number of imide groups is 1. The average molecular weight is 403 g/mol. The van der Waals surface area contributed by atoms with Gasteiger partial charge in [0, 0.05) is 5.69 Å². The highest BCUT2D eigenvalue weighted by molar-refractivity contribution is 7.95. The highest BCUT2D eigenvalue weighted by Gasteiger charge is 2.12. The van der Waals surface area contributed by atoms with Crippen LogP contribution in [0.4, 0.5) is 10.5 Å². The normalized spacial score (nSPS) is 11.0. The molecule has 0 unspecified atom stereocenters. The number of carbonyl (C=O) groups is 3. The number of rotatable bonds is 7. The molecule has 0 spiro atoms. The predicted molar refractivity (Wildman–Crippen MR) is 102 cm³/mol. The number of ether oxygens (including phenoxy) is 1. The van der Waals surface area contributed by atoms with E-state index in [0.717, 1.165) is 11.0 Å². The number of benzene rings is 2. The van der Waals surface area contributed by atoms with Crippen LogP contribution in [0.1, 0.15) is 15.9 Å². The smallest absolute Gasteiger partial charge is 0.338 e. The third-order valence-corrected chi connectivity index (χ3v) is 4.23. The number of primary amides is 1. The van der Waals surface area contributed by atoms with E-state index < -0.39 is 34.5 Å². The third-order valence-electron chi connectivity index (χ3n) is 3.22. The second kappa shape index (κ2) is 9.33. The van der Waals surface area contributed by atoms with Crippen molar-refractivity contribution in [1.29, 1.82) is 0 Å². The van der Waals surface area contributed by atoms with E-state index in [2.05, 4.69) is 4.72 Å². The summed E-state index contributed by atoms with van der Waals surface area (Å²) in [7, 11) is -3.74. The molecule has 0 heterocycles. The number of sulfonamides is 1. The Labute approximate surface area is 161 Å². The molecule has 0 radical (unpaired) electrons. The third kappa shape index (κ3) is 6.92. The molecule has 0 aliphatic carbocycles. The number of anilines is 1. The van der Waals surface area contributed by atoms with Gasteiger partial charge in [-0.1, -0.05) is 30.3 Å². The van der Waals surface area contributed by atoms with Crippen molar-refractivity contribution in [3.8, 4) is 0 Å². The SMILES string of the molecule is NC(=O)NC(=O)COC(=O)c1ccc(NS(=O)(=O)C=Cc2ccccc2)cc1.